The normalized spacial score (nSPS) is 23.2. The predicted octanol–water partition coefficient (Wildman–Crippen LogP) is 2.39. The summed E-state index contributed by atoms with van der Waals surface area (Å²) in [5, 5.41) is 0. The summed E-state index contributed by atoms with van der Waals surface area (Å²) in [6, 6.07) is 0. The van der Waals surface area contributed by atoms with E-state index in [4.69, 9.17) is 4.74 Å². The molecule has 2 nitrogen and oxygen atoms in total. The van der Waals surface area contributed by atoms with Gasteiger partial charge in [-0.25, -0.2) is 0 Å². The molecule has 0 spiro atoms. The average Bonchev–Trinajstić information content (AvgIpc) is 2.04. The molecule has 0 aromatic heterocycles. The van der Waals surface area contributed by atoms with Gasteiger partial charge in [0.15, 0.2) is 0 Å². The van der Waals surface area contributed by atoms with Crippen LogP contribution in [0, 0.1) is 0 Å². The zero-order chi connectivity index (χ0) is 10.1. The van der Waals surface area contributed by atoms with E-state index in [9.17, 15) is 4.79 Å². The van der Waals surface area contributed by atoms with Crippen LogP contribution in [0.4, 0.5) is 0 Å². The summed E-state index contributed by atoms with van der Waals surface area (Å²) in [5.74, 6) is 7.54. The molecule has 0 heterocycles. The topological polar surface area (TPSA) is 26.3 Å². The molecule has 0 saturated heterocycles. The number of Topliss-reactive ketones (excluding diaryl/α,β-unsaturated/α-hetero) is 1. The quantitative estimate of drug-likeness (QED) is 0.698. The first-order chi connectivity index (χ1) is 5.91. The predicted molar refractivity (Wildman–Crippen MR) is 56.6 cm³/mol. The third-order valence-electron chi connectivity index (χ3n) is 3.37. The molecule has 3 heteroatoms. The Labute approximate surface area is 83.4 Å². The molecule has 76 valence electrons. The number of hydrogen-bond donors (Lipinski definition) is 0. The summed E-state index contributed by atoms with van der Waals surface area (Å²) in [6.07, 6.45) is 3.39. The Morgan fingerprint density at radius 2 is 1.69 bits per heavy atom. The molecule has 0 aromatic rings. The van der Waals surface area contributed by atoms with Crippen molar-refractivity contribution in [3.63, 3.8) is 0 Å². The van der Waals surface area contributed by atoms with Gasteiger partial charge in [-0.2, -0.15) is 0 Å². The summed E-state index contributed by atoms with van der Waals surface area (Å²) in [4.78, 5) is 11.2. The minimum absolute atomic E-state index is 0.105. The van der Waals surface area contributed by atoms with Gasteiger partial charge in [0, 0.05) is 0 Å². The van der Waals surface area contributed by atoms with Gasteiger partial charge in [-0.1, -0.05) is 0 Å². The number of ketones is 1. The molecule has 0 aliphatic heterocycles. The Bertz CT molecular complexity index is 195. The molecule has 1 fully saturated rings. The van der Waals surface area contributed by atoms with Crippen LogP contribution in [0.25, 0.3) is 0 Å². The van der Waals surface area contributed by atoms with Crippen LogP contribution < -0.4 is 0 Å². The molecule has 1 rings (SSSR count). The molecule has 1 aliphatic rings. The summed E-state index contributed by atoms with van der Waals surface area (Å²) in [7, 11) is 1.81. The van der Waals surface area contributed by atoms with Crippen LogP contribution in [-0.2, 0) is 9.53 Å². The van der Waals surface area contributed by atoms with E-state index in [1.807, 2.05) is 7.11 Å². The van der Waals surface area contributed by atoms with Crippen molar-refractivity contribution in [3.8, 4) is 0 Å². The minimum atomic E-state index is -1.81. The van der Waals surface area contributed by atoms with E-state index in [0.717, 1.165) is 25.7 Å². The molecular formula is C10H20GeO2. The molecule has 0 radical (unpaired) electrons. The first kappa shape index (κ1) is 11.2. The maximum absolute atomic E-state index is 11.2. The molecular weight excluding hydrogens is 225 g/mol. The SMILES string of the molecule is CO[C]1([Ge]([CH3])([CH3])[CH3])CCC(=O)CC1. The zero-order valence-corrected chi connectivity index (χ0v) is 11.2. The first-order valence-corrected chi connectivity index (χ1v) is 12.3. The molecule has 1 aliphatic carbocycles. The van der Waals surface area contributed by atoms with Crippen molar-refractivity contribution in [2.75, 3.05) is 7.11 Å². The van der Waals surface area contributed by atoms with Crippen molar-refractivity contribution in [3.05, 3.63) is 0 Å². The van der Waals surface area contributed by atoms with Crippen molar-refractivity contribution in [1.29, 1.82) is 0 Å². The van der Waals surface area contributed by atoms with E-state index in [1.165, 1.54) is 0 Å². The molecule has 0 N–H and O–H groups in total. The van der Waals surface area contributed by atoms with E-state index in [1.54, 1.807) is 0 Å². The standard InChI is InChI=1S/C10H20GeO2/c1-11(2,3)10(13-4)7-5-9(12)6-8-10/h5-8H2,1-4H3. The number of carbonyl (C=O) groups excluding carboxylic acids is 1. The fourth-order valence-corrected chi connectivity index (χ4v) is 7.15. The Kier molecular flexibility index (Phi) is 3.23. The van der Waals surface area contributed by atoms with Crippen molar-refractivity contribution >= 4 is 19.0 Å². The Morgan fingerprint density at radius 1 is 1.23 bits per heavy atom. The van der Waals surface area contributed by atoms with Crippen LogP contribution >= 0.6 is 0 Å². The van der Waals surface area contributed by atoms with Gasteiger partial charge in [0.05, 0.1) is 0 Å². The Balaban J connectivity index is 2.77. The molecule has 0 bridgehead atoms. The third-order valence-corrected chi connectivity index (χ3v) is 10.6. The second-order valence-electron chi connectivity index (χ2n) is 4.99. The second kappa shape index (κ2) is 3.73. The van der Waals surface area contributed by atoms with Gasteiger partial charge < -0.3 is 0 Å². The maximum atomic E-state index is 11.2. The summed E-state index contributed by atoms with van der Waals surface area (Å²) in [5.41, 5.74) is 0. The fraction of sp³-hybridized carbons (Fsp3) is 0.900. The van der Waals surface area contributed by atoms with Crippen molar-refractivity contribution < 1.29 is 9.53 Å². The second-order valence-corrected chi connectivity index (χ2v) is 16.3. The van der Waals surface area contributed by atoms with Gasteiger partial charge in [-0.05, 0) is 0 Å². The van der Waals surface area contributed by atoms with Crippen molar-refractivity contribution in [2.24, 2.45) is 0 Å². The number of carbonyl (C=O) groups is 1. The van der Waals surface area contributed by atoms with Crippen molar-refractivity contribution in [1.82, 2.24) is 0 Å². The monoisotopic (exact) mass is 246 g/mol. The number of hydrogen-bond acceptors (Lipinski definition) is 2. The van der Waals surface area contributed by atoms with E-state index in [2.05, 4.69) is 17.3 Å². The number of ether oxygens (including phenoxy) is 1. The number of methoxy groups -OCH3 is 1. The average molecular weight is 245 g/mol. The Hall–Kier alpha value is 0.173. The zero-order valence-electron chi connectivity index (χ0n) is 9.14. The van der Waals surface area contributed by atoms with Crippen LogP contribution in [0.2, 0.25) is 17.3 Å². The Morgan fingerprint density at radius 3 is 2.00 bits per heavy atom. The van der Waals surface area contributed by atoms with E-state index >= 15 is 0 Å². The third kappa shape index (κ3) is 2.16. The van der Waals surface area contributed by atoms with E-state index < -0.39 is 13.3 Å². The molecule has 0 atom stereocenters. The molecule has 13 heavy (non-hydrogen) atoms. The van der Waals surface area contributed by atoms with Gasteiger partial charge in [0.2, 0.25) is 0 Å². The van der Waals surface area contributed by atoms with E-state index in [-0.39, 0.29) is 4.43 Å². The summed E-state index contributed by atoms with van der Waals surface area (Å²) < 4.78 is 5.83. The van der Waals surface area contributed by atoms with Gasteiger partial charge in [0.1, 0.15) is 0 Å². The van der Waals surface area contributed by atoms with Crippen LogP contribution in [0.1, 0.15) is 25.7 Å². The van der Waals surface area contributed by atoms with Gasteiger partial charge >= 0.3 is 83.1 Å². The van der Waals surface area contributed by atoms with Crippen LogP contribution in [0.5, 0.6) is 0 Å². The van der Waals surface area contributed by atoms with Crippen molar-refractivity contribution in [2.45, 2.75) is 47.4 Å². The fourth-order valence-electron chi connectivity index (χ4n) is 2.19. The number of rotatable bonds is 2. The molecule has 0 aromatic carbocycles. The van der Waals surface area contributed by atoms with Crippen LogP contribution in [0.15, 0.2) is 0 Å². The van der Waals surface area contributed by atoms with Gasteiger partial charge in [0.25, 0.3) is 0 Å². The van der Waals surface area contributed by atoms with Crippen LogP contribution in [0.3, 0.4) is 0 Å². The van der Waals surface area contributed by atoms with Gasteiger partial charge in [-0.15, -0.1) is 0 Å². The molecule has 1 saturated carbocycles. The molecule has 0 amide bonds. The van der Waals surface area contributed by atoms with Crippen LogP contribution in [-0.4, -0.2) is 30.6 Å². The van der Waals surface area contributed by atoms with E-state index in [0.29, 0.717) is 5.78 Å². The summed E-state index contributed by atoms with van der Waals surface area (Å²) in [6.45, 7) is 0. The molecule has 0 unspecified atom stereocenters. The first-order valence-electron chi connectivity index (χ1n) is 4.98. The summed E-state index contributed by atoms with van der Waals surface area (Å²) >= 11 is -1.81. The van der Waals surface area contributed by atoms with Gasteiger partial charge in [-0.3, -0.25) is 0 Å².